The van der Waals surface area contributed by atoms with Crippen LogP contribution in [0.25, 0.3) is 0 Å². The topological polar surface area (TPSA) is 70.2 Å². The van der Waals surface area contributed by atoms with Gasteiger partial charge in [-0.3, -0.25) is 9.89 Å². The first-order valence-corrected chi connectivity index (χ1v) is 8.38. The minimum atomic E-state index is 0.138. The third-order valence-electron chi connectivity index (χ3n) is 4.88. The number of nitrogens with zero attached hydrogens (tertiary/aromatic N) is 2. The van der Waals surface area contributed by atoms with Gasteiger partial charge >= 0.3 is 0 Å². The predicted octanol–water partition coefficient (Wildman–Crippen LogP) is 1.13. The summed E-state index contributed by atoms with van der Waals surface area (Å²) >= 11 is 0. The molecule has 3 heterocycles. The average molecular weight is 306 g/mol. The van der Waals surface area contributed by atoms with Crippen LogP contribution in [-0.2, 0) is 9.53 Å². The van der Waals surface area contributed by atoms with E-state index in [1.165, 1.54) is 5.56 Å². The van der Waals surface area contributed by atoms with Crippen LogP contribution in [-0.4, -0.2) is 60.4 Å². The molecule has 2 saturated heterocycles. The Morgan fingerprint density at radius 2 is 2.05 bits per heavy atom. The molecule has 0 atom stereocenters. The number of ether oxygens (including phenoxy) is 1. The van der Waals surface area contributed by atoms with Gasteiger partial charge in [-0.25, -0.2) is 0 Å². The number of carbonyl (C=O) groups is 1. The van der Waals surface area contributed by atoms with Crippen molar-refractivity contribution in [2.75, 3.05) is 39.4 Å². The van der Waals surface area contributed by atoms with E-state index in [-0.39, 0.29) is 12.5 Å². The van der Waals surface area contributed by atoms with E-state index in [0.29, 0.717) is 11.8 Å². The fourth-order valence-electron chi connectivity index (χ4n) is 3.40. The lowest BCUT2D eigenvalue weighted by Crippen LogP contribution is -2.40. The molecule has 0 radical (unpaired) electrons. The molecule has 2 N–H and O–H groups in total. The first-order chi connectivity index (χ1) is 10.8. The van der Waals surface area contributed by atoms with Crippen LogP contribution >= 0.6 is 0 Å². The Labute approximate surface area is 131 Å². The number of hydrogen-bond acceptors (Lipinski definition) is 4. The second-order valence-corrected chi connectivity index (χ2v) is 6.40. The monoisotopic (exact) mass is 306 g/mol. The number of H-pyrrole nitrogens is 1. The summed E-state index contributed by atoms with van der Waals surface area (Å²) in [5.74, 6) is 1.28. The normalized spacial score (nSPS) is 21.2. The highest BCUT2D eigenvalue weighted by molar-refractivity contribution is 5.77. The third kappa shape index (κ3) is 4.08. The fourth-order valence-corrected chi connectivity index (χ4v) is 3.40. The number of aromatic amines is 1. The Balaban J connectivity index is 1.35. The zero-order valence-electron chi connectivity index (χ0n) is 13.1. The van der Waals surface area contributed by atoms with Crippen molar-refractivity contribution < 1.29 is 9.53 Å². The summed E-state index contributed by atoms with van der Waals surface area (Å²) in [7, 11) is 0. The number of likely N-dealkylation sites (tertiary alicyclic amines) is 1. The first-order valence-electron chi connectivity index (χ1n) is 8.38. The smallest absolute Gasteiger partial charge is 0.248 e. The van der Waals surface area contributed by atoms with Crippen molar-refractivity contribution in [3.8, 4) is 0 Å². The molecule has 6 heteroatoms. The maximum absolute atomic E-state index is 12.2. The van der Waals surface area contributed by atoms with Crippen molar-refractivity contribution in [1.29, 1.82) is 0 Å². The maximum atomic E-state index is 12.2. The molecule has 0 aliphatic carbocycles. The molecular weight excluding hydrogens is 280 g/mol. The molecule has 122 valence electrons. The van der Waals surface area contributed by atoms with Crippen molar-refractivity contribution in [1.82, 2.24) is 20.4 Å². The van der Waals surface area contributed by atoms with Crippen LogP contribution in [0.4, 0.5) is 0 Å². The van der Waals surface area contributed by atoms with Crippen molar-refractivity contribution in [3.63, 3.8) is 0 Å². The zero-order valence-corrected chi connectivity index (χ0v) is 13.1. The molecule has 0 saturated carbocycles. The Hall–Kier alpha value is -1.40. The molecule has 0 aromatic carbocycles. The summed E-state index contributed by atoms with van der Waals surface area (Å²) in [6, 6.07) is 0. The van der Waals surface area contributed by atoms with Gasteiger partial charge in [0.15, 0.2) is 0 Å². The van der Waals surface area contributed by atoms with Crippen LogP contribution in [0.1, 0.15) is 37.2 Å². The fraction of sp³-hybridized carbons (Fsp3) is 0.750. The summed E-state index contributed by atoms with van der Waals surface area (Å²) in [6.45, 7) is 4.75. The van der Waals surface area contributed by atoms with E-state index in [2.05, 4.69) is 15.5 Å². The minimum absolute atomic E-state index is 0.138. The van der Waals surface area contributed by atoms with Gasteiger partial charge in [0, 0.05) is 19.3 Å². The molecule has 2 aliphatic heterocycles. The number of hydrogen-bond donors (Lipinski definition) is 2. The maximum Gasteiger partial charge on any atom is 0.248 e. The molecule has 2 aliphatic rings. The lowest BCUT2D eigenvalue weighted by Gasteiger charge is -2.31. The lowest BCUT2D eigenvalue weighted by atomic mass is 9.91. The van der Waals surface area contributed by atoms with E-state index >= 15 is 0 Å². The van der Waals surface area contributed by atoms with Gasteiger partial charge in [-0.05, 0) is 56.2 Å². The molecule has 0 spiro atoms. The van der Waals surface area contributed by atoms with E-state index in [4.69, 9.17) is 4.74 Å². The van der Waals surface area contributed by atoms with Gasteiger partial charge in [-0.1, -0.05) is 0 Å². The number of rotatable bonds is 5. The van der Waals surface area contributed by atoms with Crippen LogP contribution < -0.4 is 5.32 Å². The van der Waals surface area contributed by atoms with Gasteiger partial charge in [0.2, 0.25) is 5.91 Å². The van der Waals surface area contributed by atoms with E-state index < -0.39 is 0 Å². The molecule has 22 heavy (non-hydrogen) atoms. The number of nitrogens with one attached hydrogen (secondary N) is 2. The molecule has 0 unspecified atom stereocenters. The summed E-state index contributed by atoms with van der Waals surface area (Å²) in [6.07, 6.45) is 8.20. The van der Waals surface area contributed by atoms with Crippen LogP contribution in [0, 0.1) is 5.92 Å². The third-order valence-corrected chi connectivity index (χ3v) is 4.88. The van der Waals surface area contributed by atoms with E-state index in [1.54, 1.807) is 0 Å². The van der Waals surface area contributed by atoms with Crippen molar-refractivity contribution in [2.24, 2.45) is 5.92 Å². The Morgan fingerprint density at radius 3 is 2.73 bits per heavy atom. The molecule has 3 rings (SSSR count). The molecular formula is C16H26N4O2. The highest BCUT2D eigenvalue weighted by Gasteiger charge is 2.24. The van der Waals surface area contributed by atoms with Crippen molar-refractivity contribution in [3.05, 3.63) is 18.0 Å². The molecule has 1 amide bonds. The van der Waals surface area contributed by atoms with E-state index in [9.17, 15) is 4.79 Å². The summed E-state index contributed by atoms with van der Waals surface area (Å²) in [5.41, 5.74) is 1.26. The SMILES string of the molecule is O=C(COCC1CCNCC1)N1CCC(c2cn[nH]c2)CC1. The summed E-state index contributed by atoms with van der Waals surface area (Å²) in [5, 5.41) is 10.2. The molecule has 0 bridgehead atoms. The van der Waals surface area contributed by atoms with Gasteiger partial charge in [0.05, 0.1) is 12.8 Å². The van der Waals surface area contributed by atoms with Gasteiger partial charge in [-0.15, -0.1) is 0 Å². The van der Waals surface area contributed by atoms with E-state index in [1.807, 2.05) is 17.3 Å². The highest BCUT2D eigenvalue weighted by atomic mass is 16.5. The van der Waals surface area contributed by atoms with Crippen LogP contribution in [0.3, 0.4) is 0 Å². The second-order valence-electron chi connectivity index (χ2n) is 6.40. The second kappa shape index (κ2) is 7.74. The zero-order chi connectivity index (χ0) is 15.2. The Morgan fingerprint density at radius 1 is 1.27 bits per heavy atom. The number of amides is 1. The number of aromatic nitrogens is 2. The summed E-state index contributed by atoms with van der Waals surface area (Å²) < 4.78 is 5.65. The Bertz CT molecular complexity index is 449. The van der Waals surface area contributed by atoms with Gasteiger partial charge in [0.1, 0.15) is 6.61 Å². The Kier molecular flexibility index (Phi) is 5.45. The number of carbonyl (C=O) groups excluding carboxylic acids is 1. The lowest BCUT2D eigenvalue weighted by molar-refractivity contribution is -0.137. The van der Waals surface area contributed by atoms with Crippen LogP contribution in [0.15, 0.2) is 12.4 Å². The standard InChI is InChI=1S/C16H26N4O2/c21-16(12-22-11-13-1-5-17-6-2-13)20-7-3-14(4-8-20)15-9-18-19-10-15/h9-10,13-14,17H,1-8,11-12H2,(H,18,19). The van der Waals surface area contributed by atoms with Crippen molar-refractivity contribution in [2.45, 2.75) is 31.6 Å². The largest absolute Gasteiger partial charge is 0.371 e. The quantitative estimate of drug-likeness (QED) is 0.855. The van der Waals surface area contributed by atoms with Gasteiger partial charge < -0.3 is 15.0 Å². The van der Waals surface area contributed by atoms with Gasteiger partial charge in [0.25, 0.3) is 0 Å². The van der Waals surface area contributed by atoms with Crippen molar-refractivity contribution >= 4 is 5.91 Å². The van der Waals surface area contributed by atoms with Gasteiger partial charge in [-0.2, -0.15) is 5.10 Å². The van der Waals surface area contributed by atoms with Crippen LogP contribution in [0.5, 0.6) is 0 Å². The molecule has 2 fully saturated rings. The molecule has 6 nitrogen and oxygen atoms in total. The van der Waals surface area contributed by atoms with E-state index in [0.717, 1.165) is 58.5 Å². The molecule has 1 aromatic heterocycles. The van der Waals surface area contributed by atoms with Crippen LogP contribution in [0.2, 0.25) is 0 Å². The molecule has 1 aromatic rings. The first kappa shape index (κ1) is 15.5. The highest BCUT2D eigenvalue weighted by Crippen LogP contribution is 2.27. The minimum Gasteiger partial charge on any atom is -0.371 e. The summed E-state index contributed by atoms with van der Waals surface area (Å²) in [4.78, 5) is 14.1. The predicted molar refractivity (Wildman–Crippen MR) is 83.6 cm³/mol. The average Bonchev–Trinajstić information content (AvgIpc) is 3.10. The number of piperidine rings is 2.